The van der Waals surface area contributed by atoms with E-state index in [9.17, 15) is 4.79 Å². The summed E-state index contributed by atoms with van der Waals surface area (Å²) in [5.41, 5.74) is 7.70. The van der Waals surface area contributed by atoms with Gasteiger partial charge in [0, 0.05) is 17.1 Å². The van der Waals surface area contributed by atoms with Crippen molar-refractivity contribution in [2.24, 2.45) is 5.10 Å². The fraction of sp³-hybridized carbons (Fsp3) is 0.152. The number of nitrogens with zero attached hydrogens (tertiary/aromatic N) is 2. The van der Waals surface area contributed by atoms with Gasteiger partial charge in [-0.2, -0.15) is 5.10 Å². The highest BCUT2D eigenvalue weighted by Gasteiger charge is 2.14. The lowest BCUT2D eigenvalue weighted by Gasteiger charge is -2.10. The summed E-state index contributed by atoms with van der Waals surface area (Å²) in [5, 5.41) is 4.07. The first-order chi connectivity index (χ1) is 20.9. The highest BCUT2D eigenvalue weighted by atomic mass is 127. The Balaban J connectivity index is 0.979. The molecule has 0 fully saturated rings. The number of fused-ring (bicyclic) bond motifs is 1. The maximum absolute atomic E-state index is 12.5. The molecule has 1 amide bonds. The lowest BCUT2D eigenvalue weighted by molar-refractivity contribution is 0.0923. The maximum atomic E-state index is 12.5. The van der Waals surface area contributed by atoms with Crippen LogP contribution >= 0.6 is 22.6 Å². The summed E-state index contributed by atoms with van der Waals surface area (Å²) < 4.78 is 31.4. The number of aromatic nitrogens is 1. The Morgan fingerprint density at radius 2 is 1.70 bits per heavy atom. The van der Waals surface area contributed by atoms with Gasteiger partial charge in [-0.25, -0.2) is 5.43 Å². The Bertz CT molecular complexity index is 1770. The van der Waals surface area contributed by atoms with Gasteiger partial charge in [-0.05, 0) is 126 Å². The molecule has 10 heteroatoms. The average Bonchev–Trinajstić information content (AvgIpc) is 3.76. The molecule has 43 heavy (non-hydrogen) atoms. The third-order valence-corrected chi connectivity index (χ3v) is 7.64. The van der Waals surface area contributed by atoms with Crippen LogP contribution in [0.5, 0.6) is 23.0 Å². The number of amides is 1. The van der Waals surface area contributed by atoms with Gasteiger partial charge in [0.2, 0.25) is 6.79 Å². The van der Waals surface area contributed by atoms with E-state index < -0.39 is 5.91 Å². The lowest BCUT2D eigenvalue weighted by atomic mass is 10.2. The molecule has 1 aliphatic heterocycles. The van der Waals surface area contributed by atoms with Crippen molar-refractivity contribution in [2.75, 3.05) is 6.79 Å². The topological polar surface area (TPSA) is 96.5 Å². The summed E-state index contributed by atoms with van der Waals surface area (Å²) in [6, 6.07) is 26.7. The van der Waals surface area contributed by atoms with E-state index in [1.54, 1.807) is 18.3 Å². The largest absolute Gasteiger partial charge is 0.488 e. The Morgan fingerprint density at radius 3 is 2.49 bits per heavy atom. The van der Waals surface area contributed by atoms with Crippen LogP contribution in [0.15, 0.2) is 94.4 Å². The van der Waals surface area contributed by atoms with Crippen molar-refractivity contribution in [3.05, 3.63) is 123 Å². The van der Waals surface area contributed by atoms with Crippen LogP contribution in [-0.4, -0.2) is 23.5 Å². The summed E-state index contributed by atoms with van der Waals surface area (Å²) in [6.45, 7) is 4.98. The van der Waals surface area contributed by atoms with Gasteiger partial charge in [-0.1, -0.05) is 6.07 Å². The van der Waals surface area contributed by atoms with Crippen molar-refractivity contribution in [3.8, 4) is 28.7 Å². The lowest BCUT2D eigenvalue weighted by Crippen LogP contribution is -2.16. The number of nitrogens with one attached hydrogen (secondary N) is 1. The van der Waals surface area contributed by atoms with Gasteiger partial charge >= 0.3 is 5.91 Å². The smallest absolute Gasteiger partial charge is 0.307 e. The number of hydrogen-bond acceptors (Lipinski definition) is 7. The normalized spacial score (nSPS) is 12.1. The molecule has 0 spiro atoms. The van der Waals surface area contributed by atoms with Gasteiger partial charge in [0.25, 0.3) is 0 Å². The van der Waals surface area contributed by atoms with Gasteiger partial charge in [-0.3, -0.25) is 4.79 Å². The molecule has 218 valence electrons. The second-order valence-electron chi connectivity index (χ2n) is 9.87. The van der Waals surface area contributed by atoms with Crippen molar-refractivity contribution < 1.29 is 28.2 Å². The fourth-order valence-corrected chi connectivity index (χ4v) is 5.32. The van der Waals surface area contributed by atoms with E-state index in [1.165, 1.54) is 11.4 Å². The Morgan fingerprint density at radius 1 is 0.907 bits per heavy atom. The number of hydrazone groups is 1. The molecular weight excluding hydrogens is 661 g/mol. The van der Waals surface area contributed by atoms with Gasteiger partial charge < -0.3 is 27.9 Å². The quantitative estimate of drug-likeness (QED) is 0.0970. The highest BCUT2D eigenvalue weighted by Crippen LogP contribution is 2.33. The number of hydrogen-bond donors (Lipinski definition) is 1. The van der Waals surface area contributed by atoms with E-state index in [4.69, 9.17) is 23.4 Å². The zero-order chi connectivity index (χ0) is 29.8. The molecule has 0 radical (unpaired) electrons. The number of halogens is 1. The Labute approximate surface area is 262 Å². The van der Waals surface area contributed by atoms with Crippen LogP contribution in [0.25, 0.3) is 5.69 Å². The molecule has 2 aromatic heterocycles. The zero-order valence-corrected chi connectivity index (χ0v) is 25.7. The average molecular weight is 690 g/mol. The predicted octanol–water partition coefficient (Wildman–Crippen LogP) is 6.94. The number of furan rings is 1. The summed E-state index contributed by atoms with van der Waals surface area (Å²) in [4.78, 5) is 12.5. The molecule has 0 bridgehead atoms. The zero-order valence-electron chi connectivity index (χ0n) is 23.5. The second-order valence-corrected chi connectivity index (χ2v) is 11.0. The molecule has 1 N–H and O–H groups in total. The van der Waals surface area contributed by atoms with E-state index in [-0.39, 0.29) is 19.2 Å². The van der Waals surface area contributed by atoms with Crippen LogP contribution in [0.1, 0.15) is 38.8 Å². The van der Waals surface area contributed by atoms with Crippen LogP contribution in [0.4, 0.5) is 0 Å². The first-order valence-electron chi connectivity index (χ1n) is 13.5. The molecule has 3 aromatic carbocycles. The molecular formula is C33H28IN3O6. The molecule has 6 rings (SSSR count). The van der Waals surface area contributed by atoms with Crippen molar-refractivity contribution in [2.45, 2.75) is 27.1 Å². The fourth-order valence-electron chi connectivity index (χ4n) is 4.63. The number of aryl methyl sites for hydroxylation is 2. The van der Waals surface area contributed by atoms with Crippen LogP contribution in [0.3, 0.4) is 0 Å². The third-order valence-electron chi connectivity index (χ3n) is 6.80. The molecule has 3 heterocycles. The summed E-state index contributed by atoms with van der Waals surface area (Å²) >= 11 is 2.21. The van der Waals surface area contributed by atoms with Crippen molar-refractivity contribution in [1.29, 1.82) is 0 Å². The van der Waals surface area contributed by atoms with Gasteiger partial charge in [0.15, 0.2) is 17.3 Å². The van der Waals surface area contributed by atoms with Crippen molar-refractivity contribution in [1.82, 2.24) is 9.99 Å². The summed E-state index contributed by atoms with van der Waals surface area (Å²) in [5.74, 6) is 3.13. The van der Waals surface area contributed by atoms with E-state index in [2.05, 4.69) is 63.7 Å². The molecule has 5 aromatic rings. The van der Waals surface area contributed by atoms with Gasteiger partial charge in [0.1, 0.15) is 30.5 Å². The SMILES string of the molecule is Cc1ccc(C)n1-c1ccc(OCc2ccc(C(=O)N/N=C/c3ccc(OCc4ccc5c(c4)OCO5)c(I)c3)o2)cc1. The second kappa shape index (κ2) is 12.7. The molecule has 0 aliphatic carbocycles. The minimum atomic E-state index is -0.456. The molecule has 0 atom stereocenters. The van der Waals surface area contributed by atoms with E-state index in [0.717, 1.165) is 37.6 Å². The van der Waals surface area contributed by atoms with Crippen LogP contribution in [0.2, 0.25) is 0 Å². The minimum Gasteiger partial charge on any atom is -0.488 e. The van der Waals surface area contributed by atoms with Crippen molar-refractivity contribution in [3.63, 3.8) is 0 Å². The minimum absolute atomic E-state index is 0.145. The summed E-state index contributed by atoms with van der Waals surface area (Å²) in [7, 11) is 0. The number of ether oxygens (including phenoxy) is 4. The Kier molecular flexibility index (Phi) is 8.36. The monoisotopic (exact) mass is 689 g/mol. The number of carbonyl (C=O) groups excluding carboxylic acids is 1. The van der Waals surface area contributed by atoms with Crippen LogP contribution in [0, 0.1) is 17.4 Å². The highest BCUT2D eigenvalue weighted by molar-refractivity contribution is 14.1. The first kappa shape index (κ1) is 28.4. The number of rotatable bonds is 10. The van der Waals surface area contributed by atoms with E-state index in [1.807, 2.05) is 60.7 Å². The molecule has 0 saturated heterocycles. The standard InChI is InChI=1S/C33H28IN3O6/c1-21-3-4-22(2)37(21)25-7-9-26(10-8-25)39-19-27-11-14-31(43-27)33(38)36-35-17-23-5-12-29(28(34)15-23)40-18-24-6-13-30-32(16-24)42-20-41-30/h3-17H,18-20H2,1-2H3,(H,36,38)/b35-17+. The Hall–Kier alpha value is -4.71. The molecule has 0 unspecified atom stereocenters. The first-order valence-corrected chi connectivity index (χ1v) is 14.6. The van der Waals surface area contributed by atoms with Gasteiger partial charge in [-0.15, -0.1) is 0 Å². The van der Waals surface area contributed by atoms with E-state index in [0.29, 0.717) is 18.1 Å². The molecule has 0 saturated carbocycles. The number of benzene rings is 3. The third kappa shape index (κ3) is 6.69. The van der Waals surface area contributed by atoms with Gasteiger partial charge in [0.05, 0.1) is 9.78 Å². The summed E-state index contributed by atoms with van der Waals surface area (Å²) in [6.07, 6.45) is 1.56. The van der Waals surface area contributed by atoms with Crippen LogP contribution in [-0.2, 0) is 13.2 Å². The predicted molar refractivity (Wildman–Crippen MR) is 169 cm³/mol. The molecule has 1 aliphatic rings. The van der Waals surface area contributed by atoms with Crippen molar-refractivity contribution >= 4 is 34.7 Å². The molecule has 9 nitrogen and oxygen atoms in total. The van der Waals surface area contributed by atoms with E-state index >= 15 is 0 Å². The van der Waals surface area contributed by atoms with Crippen LogP contribution < -0.4 is 24.4 Å². The number of carbonyl (C=O) groups is 1. The maximum Gasteiger partial charge on any atom is 0.307 e.